The zero-order valence-electron chi connectivity index (χ0n) is 12.5. The Bertz CT molecular complexity index is 589. The summed E-state index contributed by atoms with van der Waals surface area (Å²) in [6, 6.07) is 4.32. The predicted octanol–water partition coefficient (Wildman–Crippen LogP) is 4.71. The maximum Gasteiger partial charge on any atom is 0.171 e. The van der Waals surface area contributed by atoms with E-state index in [0.29, 0.717) is 0 Å². The van der Waals surface area contributed by atoms with Gasteiger partial charge < -0.3 is 5.32 Å². The van der Waals surface area contributed by atoms with Crippen molar-refractivity contribution in [3.63, 3.8) is 0 Å². The standard InChI is InChI=1S/C15H20IN3S/c1-6-9-12(16)14(17-5)19-13(18-9)10-7-8-11(20-10)15(2,3)4/h7-8H,6H2,1-5H3,(H,17,18,19). The van der Waals surface area contributed by atoms with Crippen LogP contribution in [-0.2, 0) is 11.8 Å². The van der Waals surface area contributed by atoms with Gasteiger partial charge in [-0.15, -0.1) is 11.3 Å². The van der Waals surface area contributed by atoms with E-state index in [1.807, 2.05) is 7.05 Å². The average molecular weight is 401 g/mol. The van der Waals surface area contributed by atoms with E-state index in [1.54, 1.807) is 11.3 Å². The summed E-state index contributed by atoms with van der Waals surface area (Å²) in [5.74, 6) is 1.74. The predicted molar refractivity (Wildman–Crippen MR) is 95.7 cm³/mol. The number of nitrogens with one attached hydrogen (secondary N) is 1. The zero-order valence-corrected chi connectivity index (χ0v) is 15.5. The molecule has 0 aliphatic rings. The second kappa shape index (κ2) is 5.97. The van der Waals surface area contributed by atoms with Gasteiger partial charge in [0.1, 0.15) is 5.82 Å². The van der Waals surface area contributed by atoms with Crippen molar-refractivity contribution in [2.24, 2.45) is 0 Å². The van der Waals surface area contributed by atoms with Gasteiger partial charge in [-0.3, -0.25) is 0 Å². The van der Waals surface area contributed by atoms with E-state index < -0.39 is 0 Å². The summed E-state index contributed by atoms with van der Waals surface area (Å²) >= 11 is 4.09. The van der Waals surface area contributed by atoms with E-state index in [4.69, 9.17) is 4.98 Å². The molecule has 0 radical (unpaired) electrons. The molecule has 2 rings (SSSR count). The first-order valence-corrected chi connectivity index (χ1v) is 8.61. The molecule has 20 heavy (non-hydrogen) atoms. The maximum atomic E-state index is 4.72. The first-order valence-electron chi connectivity index (χ1n) is 6.71. The highest BCUT2D eigenvalue weighted by atomic mass is 127. The average Bonchev–Trinajstić information content (AvgIpc) is 2.88. The van der Waals surface area contributed by atoms with Crippen molar-refractivity contribution in [1.29, 1.82) is 0 Å². The molecule has 108 valence electrons. The van der Waals surface area contributed by atoms with E-state index in [9.17, 15) is 0 Å². The fourth-order valence-corrected chi connectivity index (χ4v) is 3.75. The summed E-state index contributed by atoms with van der Waals surface area (Å²) in [7, 11) is 1.91. The molecule has 1 N–H and O–H groups in total. The fraction of sp³-hybridized carbons (Fsp3) is 0.467. The Morgan fingerprint density at radius 2 is 1.95 bits per heavy atom. The monoisotopic (exact) mass is 401 g/mol. The molecule has 0 unspecified atom stereocenters. The number of nitrogens with zero attached hydrogens (tertiary/aromatic N) is 2. The minimum absolute atomic E-state index is 0.172. The van der Waals surface area contributed by atoms with Gasteiger partial charge in [0.25, 0.3) is 0 Å². The van der Waals surface area contributed by atoms with Gasteiger partial charge in [0.2, 0.25) is 0 Å². The molecule has 0 saturated carbocycles. The van der Waals surface area contributed by atoms with Crippen LogP contribution in [-0.4, -0.2) is 17.0 Å². The van der Waals surface area contributed by atoms with Crippen molar-refractivity contribution in [2.45, 2.75) is 39.5 Å². The van der Waals surface area contributed by atoms with Gasteiger partial charge in [0, 0.05) is 11.9 Å². The molecule has 2 heterocycles. The van der Waals surface area contributed by atoms with Crippen molar-refractivity contribution >= 4 is 39.7 Å². The van der Waals surface area contributed by atoms with Gasteiger partial charge in [0.05, 0.1) is 14.1 Å². The van der Waals surface area contributed by atoms with Gasteiger partial charge in [-0.05, 0) is 46.6 Å². The van der Waals surface area contributed by atoms with Crippen molar-refractivity contribution < 1.29 is 0 Å². The molecule has 0 aromatic carbocycles. The first kappa shape index (κ1) is 15.7. The zero-order chi connectivity index (χ0) is 14.9. The van der Waals surface area contributed by atoms with Gasteiger partial charge >= 0.3 is 0 Å². The van der Waals surface area contributed by atoms with Crippen LogP contribution in [0.15, 0.2) is 12.1 Å². The third-order valence-electron chi connectivity index (χ3n) is 3.06. The van der Waals surface area contributed by atoms with Crippen LogP contribution in [0.4, 0.5) is 5.82 Å². The maximum absolute atomic E-state index is 4.72. The first-order chi connectivity index (χ1) is 9.36. The lowest BCUT2D eigenvalue weighted by atomic mass is 9.95. The Labute approximate surface area is 138 Å². The Morgan fingerprint density at radius 3 is 2.45 bits per heavy atom. The molecule has 5 heteroatoms. The van der Waals surface area contributed by atoms with Gasteiger partial charge in [-0.25, -0.2) is 9.97 Å². The Kier molecular flexibility index (Phi) is 4.69. The third kappa shape index (κ3) is 3.14. The van der Waals surface area contributed by atoms with Crippen molar-refractivity contribution in [2.75, 3.05) is 12.4 Å². The third-order valence-corrected chi connectivity index (χ3v) is 5.70. The summed E-state index contributed by atoms with van der Waals surface area (Å²) in [4.78, 5) is 11.9. The number of hydrogen-bond donors (Lipinski definition) is 1. The van der Waals surface area contributed by atoms with Crippen LogP contribution >= 0.6 is 33.9 Å². The quantitative estimate of drug-likeness (QED) is 0.757. The van der Waals surface area contributed by atoms with Crippen LogP contribution in [0, 0.1) is 3.57 Å². The Balaban J connectivity index is 2.50. The summed E-state index contributed by atoms with van der Waals surface area (Å²) in [5.41, 5.74) is 1.27. The number of rotatable bonds is 3. The second-order valence-electron chi connectivity index (χ2n) is 5.67. The van der Waals surface area contributed by atoms with Crippen LogP contribution < -0.4 is 5.32 Å². The molecule has 0 fully saturated rings. The van der Waals surface area contributed by atoms with E-state index in [-0.39, 0.29) is 5.41 Å². The number of anilines is 1. The van der Waals surface area contributed by atoms with Gasteiger partial charge in [0.15, 0.2) is 5.82 Å². The lowest BCUT2D eigenvalue weighted by Gasteiger charge is -2.15. The largest absolute Gasteiger partial charge is 0.372 e. The minimum atomic E-state index is 0.172. The molecule has 0 aliphatic carbocycles. The molecule has 0 aliphatic heterocycles. The molecule has 0 bridgehead atoms. The Morgan fingerprint density at radius 1 is 1.25 bits per heavy atom. The van der Waals surface area contributed by atoms with Crippen molar-refractivity contribution in [3.8, 4) is 10.7 Å². The topological polar surface area (TPSA) is 37.8 Å². The Hall–Kier alpha value is -0.690. The molecule has 2 aromatic rings. The van der Waals surface area contributed by atoms with Crippen molar-refractivity contribution in [1.82, 2.24) is 9.97 Å². The summed E-state index contributed by atoms with van der Waals surface area (Å²) < 4.78 is 1.11. The summed E-state index contributed by atoms with van der Waals surface area (Å²) in [6.07, 6.45) is 0.917. The molecule has 0 amide bonds. The molecule has 0 atom stereocenters. The lowest BCUT2D eigenvalue weighted by Crippen LogP contribution is -2.07. The van der Waals surface area contributed by atoms with Crippen LogP contribution in [0.1, 0.15) is 38.3 Å². The SMILES string of the molecule is CCc1nc(-c2ccc(C(C)(C)C)s2)nc(NC)c1I. The van der Waals surface area contributed by atoms with E-state index in [0.717, 1.165) is 32.2 Å². The number of aromatic nitrogens is 2. The number of hydrogen-bond acceptors (Lipinski definition) is 4. The number of halogens is 1. The summed E-state index contributed by atoms with van der Waals surface area (Å²) in [6.45, 7) is 8.82. The van der Waals surface area contributed by atoms with Crippen molar-refractivity contribution in [3.05, 3.63) is 26.3 Å². The molecule has 3 nitrogen and oxygen atoms in total. The highest BCUT2D eigenvalue weighted by Crippen LogP contribution is 2.34. The molecule has 0 saturated heterocycles. The van der Waals surface area contributed by atoms with Crippen LogP contribution in [0.25, 0.3) is 10.7 Å². The number of aryl methyl sites for hydroxylation is 1. The highest BCUT2D eigenvalue weighted by Gasteiger charge is 2.18. The van der Waals surface area contributed by atoms with Crippen LogP contribution in [0.3, 0.4) is 0 Å². The normalized spacial score (nSPS) is 11.7. The smallest absolute Gasteiger partial charge is 0.171 e. The summed E-state index contributed by atoms with van der Waals surface area (Å²) in [5, 5.41) is 3.16. The molecular formula is C15H20IN3S. The van der Waals surface area contributed by atoms with E-state index in [2.05, 4.69) is 72.7 Å². The fourth-order valence-electron chi connectivity index (χ4n) is 1.86. The highest BCUT2D eigenvalue weighted by molar-refractivity contribution is 14.1. The van der Waals surface area contributed by atoms with E-state index in [1.165, 1.54) is 4.88 Å². The van der Waals surface area contributed by atoms with Gasteiger partial charge in [-0.2, -0.15) is 0 Å². The molecule has 0 spiro atoms. The number of thiophene rings is 1. The minimum Gasteiger partial charge on any atom is -0.372 e. The second-order valence-corrected chi connectivity index (χ2v) is 7.84. The van der Waals surface area contributed by atoms with Crippen LogP contribution in [0.5, 0.6) is 0 Å². The van der Waals surface area contributed by atoms with Gasteiger partial charge in [-0.1, -0.05) is 27.7 Å². The van der Waals surface area contributed by atoms with E-state index >= 15 is 0 Å². The molecular weight excluding hydrogens is 381 g/mol. The molecule has 2 aromatic heterocycles. The lowest BCUT2D eigenvalue weighted by molar-refractivity contribution is 0.604. The van der Waals surface area contributed by atoms with Crippen LogP contribution in [0.2, 0.25) is 0 Å².